The molecule has 2 rings (SSSR count). The molecule has 0 radical (unpaired) electrons. The molecule has 0 spiro atoms. The number of carboxylic acids is 1. The summed E-state index contributed by atoms with van der Waals surface area (Å²) in [4.78, 5) is 10.5. The van der Waals surface area contributed by atoms with Gasteiger partial charge in [0.05, 0.1) is 5.56 Å². The van der Waals surface area contributed by atoms with Gasteiger partial charge in [0.1, 0.15) is 5.82 Å². The summed E-state index contributed by atoms with van der Waals surface area (Å²) in [7, 11) is 0. The molecule has 0 amide bonds. The number of benzene rings is 2. The Labute approximate surface area is 123 Å². The van der Waals surface area contributed by atoms with Crippen molar-refractivity contribution in [3.05, 3.63) is 65.5 Å². The average molecular weight is 310 g/mol. The number of rotatable bonds is 3. The largest absolute Gasteiger partial charge is 0.478 e. The van der Waals surface area contributed by atoms with Crippen LogP contribution in [0.1, 0.15) is 11.1 Å². The Hall–Kier alpha value is -2.63. The Balaban J connectivity index is 2.56. The van der Waals surface area contributed by atoms with Crippen LogP contribution in [0, 0.1) is 5.82 Å². The minimum Gasteiger partial charge on any atom is -0.478 e. The summed E-state index contributed by atoms with van der Waals surface area (Å²) in [5.41, 5.74) is -0.488. The fraction of sp³-hybridized carbons (Fsp3) is 0.0625. The van der Waals surface area contributed by atoms with E-state index in [1.165, 1.54) is 30.3 Å². The van der Waals surface area contributed by atoms with Crippen LogP contribution in [0.3, 0.4) is 0 Å². The number of hydrogen-bond donors (Lipinski definition) is 1. The van der Waals surface area contributed by atoms with Crippen LogP contribution in [-0.2, 0) is 11.0 Å². The number of carboxylic acid groups (broad SMARTS) is 1. The highest BCUT2D eigenvalue weighted by Crippen LogP contribution is 2.35. The van der Waals surface area contributed by atoms with Crippen LogP contribution >= 0.6 is 0 Å². The van der Waals surface area contributed by atoms with Gasteiger partial charge < -0.3 is 5.11 Å². The lowest BCUT2D eigenvalue weighted by molar-refractivity contribution is -0.138. The molecular formula is C16H10F4O2. The van der Waals surface area contributed by atoms with E-state index in [1.807, 2.05) is 0 Å². The maximum atomic E-state index is 13.2. The summed E-state index contributed by atoms with van der Waals surface area (Å²) in [6.07, 6.45) is -3.12. The topological polar surface area (TPSA) is 37.3 Å². The lowest BCUT2D eigenvalue weighted by Crippen LogP contribution is -2.07. The van der Waals surface area contributed by atoms with E-state index in [0.29, 0.717) is 17.2 Å². The molecule has 0 unspecified atom stereocenters. The molecule has 0 saturated carbocycles. The van der Waals surface area contributed by atoms with Crippen molar-refractivity contribution in [2.45, 2.75) is 6.18 Å². The van der Waals surface area contributed by atoms with Gasteiger partial charge in [0.25, 0.3) is 0 Å². The first-order valence-electron chi connectivity index (χ1n) is 6.15. The van der Waals surface area contributed by atoms with Gasteiger partial charge in [-0.2, -0.15) is 13.2 Å². The highest BCUT2D eigenvalue weighted by molar-refractivity contribution is 5.86. The zero-order chi connectivity index (χ0) is 16.3. The molecule has 22 heavy (non-hydrogen) atoms. The third kappa shape index (κ3) is 3.72. The molecule has 2 aromatic carbocycles. The predicted octanol–water partition coefficient (Wildman–Crippen LogP) is 4.61. The first kappa shape index (κ1) is 15.8. The van der Waals surface area contributed by atoms with Crippen LogP contribution in [0.2, 0.25) is 0 Å². The maximum absolute atomic E-state index is 13.2. The molecule has 0 bridgehead atoms. The quantitative estimate of drug-likeness (QED) is 0.664. The van der Waals surface area contributed by atoms with Crippen molar-refractivity contribution in [1.82, 2.24) is 0 Å². The minimum atomic E-state index is -4.61. The van der Waals surface area contributed by atoms with Crippen molar-refractivity contribution in [3.8, 4) is 11.1 Å². The van der Waals surface area contributed by atoms with Crippen molar-refractivity contribution in [2.24, 2.45) is 0 Å². The van der Waals surface area contributed by atoms with Crippen molar-refractivity contribution in [1.29, 1.82) is 0 Å². The second-order valence-corrected chi connectivity index (χ2v) is 4.48. The molecule has 2 aromatic rings. The lowest BCUT2D eigenvalue weighted by Gasteiger charge is -2.12. The second kappa shape index (κ2) is 6.01. The standard InChI is InChI=1S/C16H10F4O2/c17-13-3-1-2-10(9-13)11-4-6-14(16(18,19)20)12(8-11)5-7-15(21)22/h1-9H,(H,21,22)/b7-5+. The second-order valence-electron chi connectivity index (χ2n) is 4.48. The van der Waals surface area contributed by atoms with Crippen LogP contribution in [0.5, 0.6) is 0 Å². The summed E-state index contributed by atoms with van der Waals surface area (Å²) >= 11 is 0. The summed E-state index contributed by atoms with van der Waals surface area (Å²) in [5.74, 6) is -1.87. The van der Waals surface area contributed by atoms with Crippen molar-refractivity contribution in [2.75, 3.05) is 0 Å². The molecule has 0 aromatic heterocycles. The van der Waals surface area contributed by atoms with E-state index in [0.717, 1.165) is 12.1 Å². The first-order valence-corrected chi connectivity index (χ1v) is 6.15. The Morgan fingerprint density at radius 2 is 1.73 bits per heavy atom. The molecule has 0 aliphatic carbocycles. The highest BCUT2D eigenvalue weighted by Gasteiger charge is 2.32. The predicted molar refractivity (Wildman–Crippen MR) is 73.5 cm³/mol. The van der Waals surface area contributed by atoms with Gasteiger partial charge in [-0.05, 0) is 47.0 Å². The number of carbonyl (C=O) groups is 1. The number of alkyl halides is 3. The Morgan fingerprint density at radius 3 is 2.32 bits per heavy atom. The van der Waals surface area contributed by atoms with Crippen molar-refractivity contribution >= 4 is 12.0 Å². The maximum Gasteiger partial charge on any atom is 0.416 e. The molecule has 0 fully saturated rings. The lowest BCUT2D eigenvalue weighted by atomic mass is 9.98. The summed E-state index contributed by atoms with van der Waals surface area (Å²) in [6, 6.07) is 8.64. The van der Waals surface area contributed by atoms with Crippen molar-refractivity contribution in [3.63, 3.8) is 0 Å². The fourth-order valence-corrected chi connectivity index (χ4v) is 1.97. The van der Waals surface area contributed by atoms with Crippen LogP contribution < -0.4 is 0 Å². The zero-order valence-electron chi connectivity index (χ0n) is 11.1. The van der Waals surface area contributed by atoms with E-state index >= 15 is 0 Å². The van der Waals surface area contributed by atoms with E-state index in [1.54, 1.807) is 6.07 Å². The zero-order valence-corrected chi connectivity index (χ0v) is 11.1. The molecule has 2 nitrogen and oxygen atoms in total. The Morgan fingerprint density at radius 1 is 1.05 bits per heavy atom. The van der Waals surface area contributed by atoms with Gasteiger partial charge in [0.15, 0.2) is 0 Å². The fourth-order valence-electron chi connectivity index (χ4n) is 1.97. The molecule has 0 aliphatic rings. The smallest absolute Gasteiger partial charge is 0.416 e. The van der Waals surface area contributed by atoms with Gasteiger partial charge in [-0.15, -0.1) is 0 Å². The molecule has 0 saturated heterocycles. The molecular weight excluding hydrogens is 300 g/mol. The highest BCUT2D eigenvalue weighted by atomic mass is 19.4. The molecule has 0 aliphatic heterocycles. The molecule has 114 valence electrons. The molecule has 1 N–H and O–H groups in total. The van der Waals surface area contributed by atoms with Gasteiger partial charge in [-0.3, -0.25) is 0 Å². The molecule has 0 atom stereocenters. The van der Waals surface area contributed by atoms with E-state index in [2.05, 4.69) is 0 Å². The molecule has 6 heteroatoms. The summed E-state index contributed by atoms with van der Waals surface area (Å²) < 4.78 is 52.0. The van der Waals surface area contributed by atoms with Gasteiger partial charge in [0.2, 0.25) is 0 Å². The molecule has 0 heterocycles. The normalized spacial score (nSPS) is 11.8. The number of hydrogen-bond acceptors (Lipinski definition) is 1. The summed E-state index contributed by atoms with van der Waals surface area (Å²) in [6.45, 7) is 0. The third-order valence-corrected chi connectivity index (χ3v) is 2.92. The van der Waals surface area contributed by atoms with Gasteiger partial charge in [-0.25, -0.2) is 9.18 Å². The Kier molecular flexibility index (Phi) is 4.30. The van der Waals surface area contributed by atoms with Gasteiger partial charge >= 0.3 is 12.1 Å². The van der Waals surface area contributed by atoms with Crippen LogP contribution in [0.15, 0.2) is 48.5 Å². The first-order chi connectivity index (χ1) is 10.3. The summed E-state index contributed by atoms with van der Waals surface area (Å²) in [5, 5.41) is 8.57. The SMILES string of the molecule is O=C(O)/C=C/c1cc(-c2cccc(F)c2)ccc1C(F)(F)F. The number of aliphatic carboxylic acids is 1. The van der Waals surface area contributed by atoms with E-state index in [-0.39, 0.29) is 5.56 Å². The van der Waals surface area contributed by atoms with Crippen LogP contribution in [0.4, 0.5) is 17.6 Å². The van der Waals surface area contributed by atoms with E-state index in [4.69, 9.17) is 5.11 Å². The average Bonchev–Trinajstić information content (AvgIpc) is 2.43. The van der Waals surface area contributed by atoms with E-state index in [9.17, 15) is 22.4 Å². The van der Waals surface area contributed by atoms with Crippen molar-refractivity contribution < 1.29 is 27.5 Å². The van der Waals surface area contributed by atoms with Crippen LogP contribution in [-0.4, -0.2) is 11.1 Å². The third-order valence-electron chi connectivity index (χ3n) is 2.92. The minimum absolute atomic E-state index is 0.295. The monoisotopic (exact) mass is 310 g/mol. The number of halogens is 4. The van der Waals surface area contributed by atoms with Crippen LogP contribution in [0.25, 0.3) is 17.2 Å². The Bertz CT molecular complexity index is 733. The van der Waals surface area contributed by atoms with Gasteiger partial charge in [0, 0.05) is 6.08 Å². The van der Waals surface area contributed by atoms with E-state index < -0.39 is 23.5 Å². The van der Waals surface area contributed by atoms with Gasteiger partial charge in [-0.1, -0.05) is 18.2 Å².